The van der Waals surface area contributed by atoms with Gasteiger partial charge in [0.2, 0.25) is 0 Å². The molecule has 0 atom stereocenters. The number of aromatic nitrogens is 1. The monoisotopic (exact) mass is 411 g/mol. The summed E-state index contributed by atoms with van der Waals surface area (Å²) >= 11 is 0. The largest absolute Gasteiger partial charge is 0.508 e. The van der Waals surface area contributed by atoms with Crippen molar-refractivity contribution in [2.45, 2.75) is 25.7 Å². The number of phenols is 2. The zero-order chi connectivity index (χ0) is 21.4. The van der Waals surface area contributed by atoms with Crippen molar-refractivity contribution in [1.82, 2.24) is 4.98 Å². The number of hydrogen-bond donors (Lipinski definition) is 2. The number of pyridine rings is 1. The standard InChI is InChI=1S/C26H21NO4/c28-20-6-8-22(25(30)13-20)24(29)12-17-4-2-1-3-16-11-18(5-7-21(16)17)23-14-26-19(15-27-23)9-10-31-26/h5-15,28,30H,1-4H2. The van der Waals surface area contributed by atoms with Crippen LogP contribution in [0.1, 0.15) is 40.7 Å². The molecular weight excluding hydrogens is 390 g/mol. The van der Waals surface area contributed by atoms with Gasteiger partial charge in [0.25, 0.3) is 0 Å². The number of nitrogens with zero attached hydrogens (tertiary/aromatic N) is 1. The third-order valence-corrected chi connectivity index (χ3v) is 5.78. The topological polar surface area (TPSA) is 83.6 Å². The molecule has 2 heterocycles. The smallest absolute Gasteiger partial charge is 0.189 e. The summed E-state index contributed by atoms with van der Waals surface area (Å²) in [4.78, 5) is 17.4. The van der Waals surface area contributed by atoms with Crippen LogP contribution in [-0.4, -0.2) is 21.0 Å². The Hall–Kier alpha value is -3.86. The Labute approximate surface area is 179 Å². The van der Waals surface area contributed by atoms with Crippen molar-refractivity contribution in [2.75, 3.05) is 0 Å². The van der Waals surface area contributed by atoms with Crippen LogP contribution in [0.3, 0.4) is 0 Å². The number of aryl methyl sites for hydroxylation is 1. The molecule has 0 saturated carbocycles. The van der Waals surface area contributed by atoms with Crippen LogP contribution in [-0.2, 0) is 6.42 Å². The summed E-state index contributed by atoms with van der Waals surface area (Å²) in [5.74, 6) is -0.560. The number of fused-ring (bicyclic) bond motifs is 2. The van der Waals surface area contributed by atoms with Gasteiger partial charge in [0.1, 0.15) is 17.1 Å². The van der Waals surface area contributed by atoms with Crippen molar-refractivity contribution in [1.29, 1.82) is 0 Å². The zero-order valence-corrected chi connectivity index (χ0v) is 16.8. The summed E-state index contributed by atoms with van der Waals surface area (Å²) in [7, 11) is 0. The number of phenolic OH excluding ortho intramolecular Hbond substituents is 2. The SMILES string of the molecule is O=C(C=C1CCCCc2cc(-c3cc4occc4cn3)ccc21)c1ccc(O)cc1O. The van der Waals surface area contributed by atoms with Gasteiger partial charge in [0.05, 0.1) is 17.5 Å². The summed E-state index contributed by atoms with van der Waals surface area (Å²) < 4.78 is 5.51. The number of furan rings is 1. The Kier molecular flexibility index (Phi) is 4.79. The highest BCUT2D eigenvalue weighted by Crippen LogP contribution is 2.34. The van der Waals surface area contributed by atoms with Crippen molar-refractivity contribution in [3.8, 4) is 22.8 Å². The van der Waals surface area contributed by atoms with Gasteiger partial charge in [0.15, 0.2) is 5.78 Å². The molecule has 154 valence electrons. The highest BCUT2D eigenvalue weighted by atomic mass is 16.3. The van der Waals surface area contributed by atoms with Gasteiger partial charge in [-0.1, -0.05) is 12.1 Å². The van der Waals surface area contributed by atoms with Crippen LogP contribution in [0, 0.1) is 0 Å². The second-order valence-corrected chi connectivity index (χ2v) is 7.84. The number of rotatable bonds is 3. The Balaban J connectivity index is 1.52. The Bertz CT molecular complexity index is 1330. The van der Waals surface area contributed by atoms with E-state index in [-0.39, 0.29) is 22.8 Å². The number of hydrogen-bond acceptors (Lipinski definition) is 5. The van der Waals surface area contributed by atoms with Gasteiger partial charge in [-0.25, -0.2) is 0 Å². The molecule has 0 spiro atoms. The fourth-order valence-corrected chi connectivity index (χ4v) is 4.17. The first kappa shape index (κ1) is 19.1. The van der Waals surface area contributed by atoms with Gasteiger partial charge in [-0.2, -0.15) is 0 Å². The maximum absolute atomic E-state index is 12.8. The van der Waals surface area contributed by atoms with Gasteiger partial charge in [-0.05, 0) is 72.7 Å². The summed E-state index contributed by atoms with van der Waals surface area (Å²) in [5, 5.41) is 20.5. The van der Waals surface area contributed by atoms with E-state index in [4.69, 9.17) is 4.42 Å². The minimum absolute atomic E-state index is 0.0737. The molecular formula is C26H21NO4. The number of aromatic hydroxyl groups is 2. The molecule has 4 aromatic rings. The maximum Gasteiger partial charge on any atom is 0.189 e. The molecule has 2 aromatic carbocycles. The fraction of sp³-hybridized carbons (Fsp3) is 0.154. The van der Waals surface area contributed by atoms with Crippen LogP contribution in [0.15, 0.2) is 71.5 Å². The molecule has 0 radical (unpaired) electrons. The average molecular weight is 411 g/mol. The van der Waals surface area contributed by atoms with E-state index in [2.05, 4.69) is 17.1 Å². The van der Waals surface area contributed by atoms with Crippen molar-refractivity contribution in [2.24, 2.45) is 0 Å². The number of carbonyl (C=O) groups excluding carboxylic acids is 1. The highest BCUT2D eigenvalue weighted by molar-refractivity contribution is 6.10. The fourth-order valence-electron chi connectivity index (χ4n) is 4.17. The molecule has 0 unspecified atom stereocenters. The van der Waals surface area contributed by atoms with Crippen LogP contribution >= 0.6 is 0 Å². The van der Waals surface area contributed by atoms with Gasteiger partial charge in [0, 0.05) is 29.3 Å². The van der Waals surface area contributed by atoms with Crippen molar-refractivity contribution >= 4 is 22.3 Å². The molecule has 0 saturated heterocycles. The average Bonchev–Trinajstić information content (AvgIpc) is 3.14. The number of carbonyl (C=O) groups is 1. The Morgan fingerprint density at radius 2 is 1.87 bits per heavy atom. The number of allylic oxidation sites excluding steroid dienone is 2. The van der Waals surface area contributed by atoms with E-state index in [0.29, 0.717) is 0 Å². The van der Waals surface area contributed by atoms with Crippen LogP contribution in [0.25, 0.3) is 27.8 Å². The van der Waals surface area contributed by atoms with Crippen LogP contribution in [0.2, 0.25) is 0 Å². The summed E-state index contributed by atoms with van der Waals surface area (Å²) in [6.45, 7) is 0. The minimum atomic E-state index is -0.269. The molecule has 31 heavy (non-hydrogen) atoms. The molecule has 5 heteroatoms. The van der Waals surface area contributed by atoms with Gasteiger partial charge >= 0.3 is 0 Å². The first-order chi connectivity index (χ1) is 15.1. The van der Waals surface area contributed by atoms with Crippen LogP contribution < -0.4 is 0 Å². The van der Waals surface area contributed by atoms with E-state index >= 15 is 0 Å². The van der Waals surface area contributed by atoms with Crippen LogP contribution in [0.4, 0.5) is 0 Å². The molecule has 0 aliphatic heterocycles. The lowest BCUT2D eigenvalue weighted by Gasteiger charge is -2.12. The number of ketones is 1. The van der Waals surface area contributed by atoms with E-state index in [9.17, 15) is 15.0 Å². The predicted octanol–water partition coefficient (Wildman–Crippen LogP) is 5.90. The predicted molar refractivity (Wildman–Crippen MR) is 119 cm³/mol. The molecule has 0 bridgehead atoms. The molecule has 0 fully saturated rings. The molecule has 2 N–H and O–H groups in total. The van der Waals surface area contributed by atoms with E-state index < -0.39 is 0 Å². The zero-order valence-electron chi connectivity index (χ0n) is 16.8. The van der Waals surface area contributed by atoms with E-state index in [1.54, 1.807) is 12.3 Å². The minimum Gasteiger partial charge on any atom is -0.508 e. The van der Waals surface area contributed by atoms with E-state index in [0.717, 1.165) is 59.0 Å². The lowest BCUT2D eigenvalue weighted by molar-refractivity contribution is 0.104. The third kappa shape index (κ3) is 3.70. The second kappa shape index (κ2) is 7.76. The number of benzene rings is 2. The molecule has 1 aliphatic carbocycles. The Morgan fingerprint density at radius 3 is 2.74 bits per heavy atom. The van der Waals surface area contributed by atoms with Gasteiger partial charge in [-0.15, -0.1) is 0 Å². The maximum atomic E-state index is 12.8. The first-order valence-electron chi connectivity index (χ1n) is 10.3. The summed E-state index contributed by atoms with van der Waals surface area (Å²) in [6.07, 6.45) is 8.85. The molecule has 5 rings (SSSR count). The summed E-state index contributed by atoms with van der Waals surface area (Å²) in [6, 6.07) is 14.1. The second-order valence-electron chi connectivity index (χ2n) is 7.84. The highest BCUT2D eigenvalue weighted by Gasteiger charge is 2.17. The van der Waals surface area contributed by atoms with E-state index in [1.807, 2.05) is 24.4 Å². The summed E-state index contributed by atoms with van der Waals surface area (Å²) in [5.41, 5.74) is 6.07. The van der Waals surface area contributed by atoms with Crippen molar-refractivity contribution in [3.05, 3.63) is 83.8 Å². The molecule has 5 nitrogen and oxygen atoms in total. The molecule has 1 aliphatic rings. The van der Waals surface area contributed by atoms with Gasteiger partial charge < -0.3 is 14.6 Å². The lowest BCUT2D eigenvalue weighted by atomic mass is 9.93. The van der Waals surface area contributed by atoms with E-state index in [1.165, 1.54) is 23.8 Å². The molecule has 0 amide bonds. The van der Waals surface area contributed by atoms with Crippen molar-refractivity contribution < 1.29 is 19.4 Å². The third-order valence-electron chi connectivity index (χ3n) is 5.78. The first-order valence-corrected chi connectivity index (χ1v) is 10.3. The molecule has 2 aromatic heterocycles. The van der Waals surface area contributed by atoms with Crippen LogP contribution in [0.5, 0.6) is 11.5 Å². The van der Waals surface area contributed by atoms with Gasteiger partial charge in [-0.3, -0.25) is 9.78 Å². The Morgan fingerprint density at radius 1 is 1.00 bits per heavy atom. The lowest BCUT2D eigenvalue weighted by Crippen LogP contribution is -1.99. The normalized spacial score (nSPS) is 15.0. The van der Waals surface area contributed by atoms with Crippen molar-refractivity contribution in [3.63, 3.8) is 0 Å². The quantitative estimate of drug-likeness (QED) is 0.249.